The molecular formula is C17H16FNS. The highest BCUT2D eigenvalue weighted by Crippen LogP contribution is 2.26. The lowest BCUT2D eigenvalue weighted by atomic mass is 9.99. The SMILES string of the molecule is NC(Cc1ccccc1F)Cc1csc2ccccc12. The molecule has 0 spiro atoms. The molecule has 2 N–H and O–H groups in total. The van der Waals surface area contributed by atoms with E-state index in [0.717, 1.165) is 6.42 Å². The average molecular weight is 285 g/mol. The van der Waals surface area contributed by atoms with Crippen molar-refractivity contribution >= 4 is 21.4 Å². The third kappa shape index (κ3) is 2.74. The van der Waals surface area contributed by atoms with Gasteiger partial charge in [0.1, 0.15) is 5.82 Å². The normalized spacial score (nSPS) is 12.7. The van der Waals surface area contributed by atoms with Gasteiger partial charge in [0.15, 0.2) is 0 Å². The summed E-state index contributed by atoms with van der Waals surface area (Å²) in [5, 5.41) is 3.42. The maximum Gasteiger partial charge on any atom is 0.126 e. The van der Waals surface area contributed by atoms with Crippen LogP contribution in [0.2, 0.25) is 0 Å². The van der Waals surface area contributed by atoms with Gasteiger partial charge in [-0.25, -0.2) is 4.39 Å². The molecule has 3 rings (SSSR count). The van der Waals surface area contributed by atoms with Crippen LogP contribution in [0.4, 0.5) is 4.39 Å². The van der Waals surface area contributed by atoms with Gasteiger partial charge in [-0.3, -0.25) is 0 Å². The molecule has 0 amide bonds. The zero-order chi connectivity index (χ0) is 13.9. The third-order valence-corrected chi connectivity index (χ3v) is 4.50. The summed E-state index contributed by atoms with van der Waals surface area (Å²) >= 11 is 1.74. The molecule has 0 aliphatic rings. The largest absolute Gasteiger partial charge is 0.327 e. The summed E-state index contributed by atoms with van der Waals surface area (Å²) in [5.41, 5.74) is 8.15. The molecule has 102 valence electrons. The van der Waals surface area contributed by atoms with Crippen molar-refractivity contribution in [2.45, 2.75) is 18.9 Å². The lowest BCUT2D eigenvalue weighted by Crippen LogP contribution is -2.25. The van der Waals surface area contributed by atoms with Crippen molar-refractivity contribution < 1.29 is 4.39 Å². The van der Waals surface area contributed by atoms with Crippen molar-refractivity contribution in [3.8, 4) is 0 Å². The molecule has 0 aliphatic heterocycles. The Morgan fingerprint density at radius 2 is 1.65 bits per heavy atom. The number of halogens is 1. The first-order valence-corrected chi connectivity index (χ1v) is 7.56. The highest BCUT2D eigenvalue weighted by atomic mass is 32.1. The van der Waals surface area contributed by atoms with E-state index in [1.54, 1.807) is 23.5 Å². The van der Waals surface area contributed by atoms with Crippen LogP contribution < -0.4 is 5.73 Å². The number of fused-ring (bicyclic) bond motifs is 1. The third-order valence-electron chi connectivity index (χ3n) is 3.48. The fraction of sp³-hybridized carbons (Fsp3) is 0.176. The molecular weight excluding hydrogens is 269 g/mol. The Bertz CT molecular complexity index is 720. The minimum absolute atomic E-state index is 0.0649. The molecule has 0 saturated carbocycles. The number of benzene rings is 2. The molecule has 20 heavy (non-hydrogen) atoms. The van der Waals surface area contributed by atoms with Crippen LogP contribution in [0.5, 0.6) is 0 Å². The van der Waals surface area contributed by atoms with Gasteiger partial charge in [-0.2, -0.15) is 0 Å². The number of hydrogen-bond donors (Lipinski definition) is 1. The zero-order valence-electron chi connectivity index (χ0n) is 11.1. The fourth-order valence-corrected chi connectivity index (χ4v) is 3.47. The standard InChI is InChI=1S/C17H16FNS/c18-16-7-3-1-5-12(16)9-14(19)10-13-11-20-17-8-4-2-6-15(13)17/h1-8,11,14H,9-10,19H2. The molecule has 1 atom stereocenters. The van der Waals surface area contributed by atoms with E-state index in [1.165, 1.54) is 21.7 Å². The van der Waals surface area contributed by atoms with E-state index >= 15 is 0 Å². The summed E-state index contributed by atoms with van der Waals surface area (Å²) in [6.45, 7) is 0. The zero-order valence-corrected chi connectivity index (χ0v) is 11.9. The summed E-state index contributed by atoms with van der Waals surface area (Å²) in [5.74, 6) is -0.168. The van der Waals surface area contributed by atoms with Crippen LogP contribution >= 0.6 is 11.3 Å². The van der Waals surface area contributed by atoms with E-state index in [2.05, 4.69) is 17.5 Å². The summed E-state index contributed by atoms with van der Waals surface area (Å²) in [4.78, 5) is 0. The Labute approximate surface area is 121 Å². The van der Waals surface area contributed by atoms with Crippen LogP contribution in [-0.4, -0.2) is 6.04 Å². The lowest BCUT2D eigenvalue weighted by Gasteiger charge is -2.12. The molecule has 2 aromatic carbocycles. The molecule has 0 radical (unpaired) electrons. The predicted octanol–water partition coefficient (Wildman–Crippen LogP) is 4.15. The van der Waals surface area contributed by atoms with Gasteiger partial charge in [-0.1, -0.05) is 36.4 Å². The molecule has 1 aromatic heterocycles. The maximum absolute atomic E-state index is 13.6. The minimum atomic E-state index is -0.168. The number of hydrogen-bond acceptors (Lipinski definition) is 2. The van der Waals surface area contributed by atoms with E-state index in [0.29, 0.717) is 12.0 Å². The number of rotatable bonds is 4. The van der Waals surface area contributed by atoms with Gasteiger partial charge in [0, 0.05) is 10.7 Å². The first-order valence-electron chi connectivity index (χ1n) is 6.68. The van der Waals surface area contributed by atoms with E-state index < -0.39 is 0 Å². The molecule has 0 aliphatic carbocycles. The second-order valence-electron chi connectivity index (χ2n) is 5.02. The van der Waals surface area contributed by atoms with E-state index in [9.17, 15) is 4.39 Å². The second kappa shape index (κ2) is 5.73. The molecule has 0 fully saturated rings. The monoisotopic (exact) mass is 285 g/mol. The van der Waals surface area contributed by atoms with Crippen LogP contribution in [-0.2, 0) is 12.8 Å². The highest BCUT2D eigenvalue weighted by Gasteiger charge is 2.11. The number of thiophene rings is 1. The first-order chi connectivity index (χ1) is 9.74. The van der Waals surface area contributed by atoms with Crippen molar-refractivity contribution in [2.75, 3.05) is 0 Å². The van der Waals surface area contributed by atoms with Crippen LogP contribution in [0, 0.1) is 5.82 Å². The van der Waals surface area contributed by atoms with E-state index in [4.69, 9.17) is 5.73 Å². The van der Waals surface area contributed by atoms with Gasteiger partial charge in [-0.15, -0.1) is 11.3 Å². The average Bonchev–Trinajstić information content (AvgIpc) is 2.85. The second-order valence-corrected chi connectivity index (χ2v) is 5.93. The maximum atomic E-state index is 13.6. The van der Waals surface area contributed by atoms with Crippen molar-refractivity contribution in [3.63, 3.8) is 0 Å². The smallest absolute Gasteiger partial charge is 0.126 e. The van der Waals surface area contributed by atoms with Gasteiger partial charge in [0.25, 0.3) is 0 Å². The summed E-state index contributed by atoms with van der Waals surface area (Å²) in [6, 6.07) is 15.1. The first kappa shape index (κ1) is 13.3. The summed E-state index contributed by atoms with van der Waals surface area (Å²) < 4.78 is 14.9. The van der Waals surface area contributed by atoms with Crippen LogP contribution in [0.15, 0.2) is 53.9 Å². The van der Waals surface area contributed by atoms with Crippen molar-refractivity contribution in [2.24, 2.45) is 5.73 Å². The van der Waals surface area contributed by atoms with Crippen molar-refractivity contribution in [1.82, 2.24) is 0 Å². The van der Waals surface area contributed by atoms with Crippen LogP contribution in [0.3, 0.4) is 0 Å². The van der Waals surface area contributed by atoms with Crippen LogP contribution in [0.25, 0.3) is 10.1 Å². The topological polar surface area (TPSA) is 26.0 Å². The highest BCUT2D eigenvalue weighted by molar-refractivity contribution is 7.17. The molecule has 0 saturated heterocycles. The predicted molar refractivity (Wildman–Crippen MR) is 83.6 cm³/mol. The molecule has 0 bridgehead atoms. The Balaban J connectivity index is 1.76. The quantitative estimate of drug-likeness (QED) is 0.765. The van der Waals surface area contributed by atoms with Crippen molar-refractivity contribution in [3.05, 3.63) is 70.9 Å². The molecule has 1 heterocycles. The Morgan fingerprint density at radius 1 is 0.950 bits per heavy atom. The van der Waals surface area contributed by atoms with Gasteiger partial charge in [0.05, 0.1) is 0 Å². The molecule has 3 aromatic rings. The van der Waals surface area contributed by atoms with Gasteiger partial charge < -0.3 is 5.73 Å². The fourth-order valence-electron chi connectivity index (χ4n) is 2.49. The molecule has 3 heteroatoms. The molecule has 1 unspecified atom stereocenters. The lowest BCUT2D eigenvalue weighted by molar-refractivity contribution is 0.584. The van der Waals surface area contributed by atoms with Gasteiger partial charge in [0.2, 0.25) is 0 Å². The van der Waals surface area contributed by atoms with Gasteiger partial charge in [-0.05, 0) is 46.9 Å². The minimum Gasteiger partial charge on any atom is -0.327 e. The van der Waals surface area contributed by atoms with Crippen molar-refractivity contribution in [1.29, 1.82) is 0 Å². The number of nitrogens with two attached hydrogens (primary N) is 1. The Morgan fingerprint density at radius 3 is 2.50 bits per heavy atom. The van der Waals surface area contributed by atoms with E-state index in [-0.39, 0.29) is 11.9 Å². The Hall–Kier alpha value is -1.71. The molecule has 1 nitrogen and oxygen atoms in total. The van der Waals surface area contributed by atoms with E-state index in [1.807, 2.05) is 18.2 Å². The summed E-state index contributed by atoms with van der Waals surface area (Å²) in [7, 11) is 0. The van der Waals surface area contributed by atoms with Crippen LogP contribution in [0.1, 0.15) is 11.1 Å². The summed E-state index contributed by atoms with van der Waals surface area (Å²) in [6.07, 6.45) is 1.34. The van der Waals surface area contributed by atoms with Gasteiger partial charge >= 0.3 is 0 Å². The Kier molecular flexibility index (Phi) is 3.81.